The molecule has 2 nitrogen and oxygen atoms in total. The minimum atomic E-state index is 0.421. The third-order valence-corrected chi connectivity index (χ3v) is 4.75. The van der Waals surface area contributed by atoms with Gasteiger partial charge >= 0.3 is 0 Å². The van der Waals surface area contributed by atoms with Crippen LogP contribution in [0.5, 0.6) is 0 Å². The molecule has 0 bridgehead atoms. The monoisotopic (exact) mass is 278 g/mol. The highest BCUT2D eigenvalue weighted by molar-refractivity contribution is 5.78. The van der Waals surface area contributed by atoms with Crippen molar-refractivity contribution in [1.82, 2.24) is 10.2 Å². The fraction of sp³-hybridized carbons (Fsp3) is 0.368. The second kappa shape index (κ2) is 4.97. The summed E-state index contributed by atoms with van der Waals surface area (Å²) in [5.41, 5.74) is 5.77. The van der Waals surface area contributed by atoms with Gasteiger partial charge in [-0.05, 0) is 36.1 Å². The number of nitrogens with zero attached hydrogens (tertiary/aromatic N) is 1. The lowest BCUT2D eigenvalue weighted by atomic mass is 10.0. The summed E-state index contributed by atoms with van der Waals surface area (Å²) in [6.07, 6.45) is 0. The Bertz CT molecular complexity index is 609. The van der Waals surface area contributed by atoms with Gasteiger partial charge in [-0.25, -0.2) is 0 Å². The SMILES string of the molecule is CC1CN(C2c3ccccc3-c3ccccc32)CC(C)N1. The lowest BCUT2D eigenvalue weighted by Crippen LogP contribution is -2.54. The van der Waals surface area contributed by atoms with Crippen molar-refractivity contribution in [2.24, 2.45) is 0 Å². The van der Waals surface area contributed by atoms with E-state index in [0.29, 0.717) is 18.1 Å². The number of nitrogens with one attached hydrogen (secondary N) is 1. The second-order valence-corrected chi connectivity index (χ2v) is 6.50. The summed E-state index contributed by atoms with van der Waals surface area (Å²) in [5, 5.41) is 3.64. The predicted molar refractivity (Wildman–Crippen MR) is 87.4 cm³/mol. The van der Waals surface area contributed by atoms with Crippen LogP contribution in [0.3, 0.4) is 0 Å². The van der Waals surface area contributed by atoms with E-state index < -0.39 is 0 Å². The Labute approximate surface area is 126 Å². The van der Waals surface area contributed by atoms with Gasteiger partial charge in [0.25, 0.3) is 0 Å². The molecule has 2 aromatic rings. The summed E-state index contributed by atoms with van der Waals surface area (Å²) >= 11 is 0. The zero-order chi connectivity index (χ0) is 14.4. The van der Waals surface area contributed by atoms with Crippen LogP contribution in [0.2, 0.25) is 0 Å². The van der Waals surface area contributed by atoms with E-state index in [2.05, 4.69) is 72.6 Å². The first kappa shape index (κ1) is 13.1. The number of hydrogen-bond donors (Lipinski definition) is 1. The van der Waals surface area contributed by atoms with Crippen molar-refractivity contribution in [1.29, 1.82) is 0 Å². The molecule has 0 radical (unpaired) electrons. The molecule has 108 valence electrons. The normalized spacial score (nSPS) is 25.6. The number of benzene rings is 2. The van der Waals surface area contributed by atoms with Crippen LogP contribution in [0.4, 0.5) is 0 Å². The molecule has 0 saturated carbocycles. The van der Waals surface area contributed by atoms with Crippen LogP contribution >= 0.6 is 0 Å². The van der Waals surface area contributed by atoms with E-state index in [1.165, 1.54) is 22.3 Å². The standard InChI is InChI=1S/C19H22N2/c1-13-11-21(12-14(2)20-13)19-17-9-5-3-7-15(17)16-8-4-6-10-18(16)19/h3-10,13-14,19-20H,11-12H2,1-2H3. The second-order valence-electron chi connectivity index (χ2n) is 6.50. The third kappa shape index (κ3) is 2.10. The average Bonchev–Trinajstić information content (AvgIpc) is 2.81. The molecule has 1 heterocycles. The molecule has 1 aliphatic carbocycles. The van der Waals surface area contributed by atoms with Crippen molar-refractivity contribution >= 4 is 0 Å². The van der Waals surface area contributed by atoms with Gasteiger partial charge in [-0.1, -0.05) is 48.5 Å². The van der Waals surface area contributed by atoms with Gasteiger partial charge in [-0.3, -0.25) is 4.90 Å². The first-order valence-corrected chi connectivity index (χ1v) is 7.92. The van der Waals surface area contributed by atoms with Crippen molar-refractivity contribution in [2.45, 2.75) is 32.0 Å². The Morgan fingerprint density at radius 1 is 0.810 bits per heavy atom. The molecule has 0 spiro atoms. The summed E-state index contributed by atoms with van der Waals surface area (Å²) in [5.74, 6) is 0. The first-order chi connectivity index (χ1) is 10.2. The first-order valence-electron chi connectivity index (χ1n) is 7.92. The highest BCUT2D eigenvalue weighted by Crippen LogP contribution is 2.46. The van der Waals surface area contributed by atoms with Crippen molar-refractivity contribution in [3.8, 4) is 11.1 Å². The number of hydrogen-bond acceptors (Lipinski definition) is 2. The minimum absolute atomic E-state index is 0.421. The molecule has 2 aliphatic rings. The van der Waals surface area contributed by atoms with E-state index in [1.54, 1.807) is 0 Å². The van der Waals surface area contributed by atoms with E-state index in [-0.39, 0.29) is 0 Å². The molecule has 1 N–H and O–H groups in total. The average molecular weight is 278 g/mol. The van der Waals surface area contributed by atoms with Crippen molar-refractivity contribution < 1.29 is 0 Å². The van der Waals surface area contributed by atoms with Crippen LogP contribution in [-0.4, -0.2) is 30.1 Å². The van der Waals surface area contributed by atoms with Crippen LogP contribution in [0.1, 0.15) is 31.0 Å². The molecule has 1 fully saturated rings. The molecule has 2 atom stereocenters. The fourth-order valence-corrected chi connectivity index (χ4v) is 4.10. The highest BCUT2D eigenvalue weighted by atomic mass is 15.2. The Kier molecular flexibility index (Phi) is 3.09. The number of rotatable bonds is 1. The Morgan fingerprint density at radius 3 is 1.81 bits per heavy atom. The summed E-state index contributed by atoms with van der Waals surface area (Å²) < 4.78 is 0. The van der Waals surface area contributed by atoms with Gasteiger partial charge in [0.2, 0.25) is 0 Å². The van der Waals surface area contributed by atoms with E-state index in [4.69, 9.17) is 0 Å². The van der Waals surface area contributed by atoms with Gasteiger partial charge in [0.05, 0.1) is 6.04 Å². The maximum atomic E-state index is 3.64. The zero-order valence-corrected chi connectivity index (χ0v) is 12.7. The Hall–Kier alpha value is -1.64. The van der Waals surface area contributed by atoms with Crippen LogP contribution < -0.4 is 5.32 Å². The zero-order valence-electron chi connectivity index (χ0n) is 12.7. The lowest BCUT2D eigenvalue weighted by Gasteiger charge is -2.40. The number of piperazine rings is 1. The van der Waals surface area contributed by atoms with Crippen LogP contribution in [0.25, 0.3) is 11.1 Å². The summed E-state index contributed by atoms with van der Waals surface area (Å²) in [4.78, 5) is 2.65. The van der Waals surface area contributed by atoms with Gasteiger partial charge in [-0.2, -0.15) is 0 Å². The smallest absolute Gasteiger partial charge is 0.0615 e. The van der Waals surface area contributed by atoms with Crippen LogP contribution in [0.15, 0.2) is 48.5 Å². The molecule has 2 heteroatoms. The summed E-state index contributed by atoms with van der Waals surface area (Å²) in [6, 6.07) is 19.3. The molecule has 0 amide bonds. The fourth-order valence-electron chi connectivity index (χ4n) is 4.10. The highest BCUT2D eigenvalue weighted by Gasteiger charge is 2.35. The van der Waals surface area contributed by atoms with E-state index in [1.807, 2.05) is 0 Å². The van der Waals surface area contributed by atoms with Crippen molar-refractivity contribution in [3.05, 3.63) is 59.7 Å². The molecule has 2 unspecified atom stereocenters. The molecule has 1 aliphatic heterocycles. The number of fused-ring (bicyclic) bond motifs is 3. The van der Waals surface area contributed by atoms with E-state index >= 15 is 0 Å². The van der Waals surface area contributed by atoms with Gasteiger partial charge in [0.1, 0.15) is 0 Å². The summed E-state index contributed by atoms with van der Waals surface area (Å²) in [6.45, 7) is 6.79. The molecule has 21 heavy (non-hydrogen) atoms. The largest absolute Gasteiger partial charge is 0.309 e. The topological polar surface area (TPSA) is 15.3 Å². The van der Waals surface area contributed by atoms with Crippen LogP contribution in [0, 0.1) is 0 Å². The van der Waals surface area contributed by atoms with Crippen molar-refractivity contribution in [3.63, 3.8) is 0 Å². The van der Waals surface area contributed by atoms with Gasteiger partial charge < -0.3 is 5.32 Å². The van der Waals surface area contributed by atoms with Crippen molar-refractivity contribution in [2.75, 3.05) is 13.1 Å². The minimum Gasteiger partial charge on any atom is -0.309 e. The maximum Gasteiger partial charge on any atom is 0.0615 e. The predicted octanol–water partition coefficient (Wildman–Crippen LogP) is 3.44. The Morgan fingerprint density at radius 2 is 1.29 bits per heavy atom. The maximum absolute atomic E-state index is 3.64. The molecule has 0 aromatic heterocycles. The van der Waals surface area contributed by atoms with Gasteiger partial charge in [-0.15, -0.1) is 0 Å². The lowest BCUT2D eigenvalue weighted by molar-refractivity contribution is 0.143. The quantitative estimate of drug-likeness (QED) is 0.859. The van der Waals surface area contributed by atoms with E-state index in [0.717, 1.165) is 13.1 Å². The molecular formula is C19H22N2. The Balaban J connectivity index is 1.81. The van der Waals surface area contributed by atoms with Gasteiger partial charge in [0.15, 0.2) is 0 Å². The molecule has 1 saturated heterocycles. The molecule has 2 aromatic carbocycles. The van der Waals surface area contributed by atoms with Crippen LogP contribution in [-0.2, 0) is 0 Å². The van der Waals surface area contributed by atoms with E-state index in [9.17, 15) is 0 Å². The molecule has 4 rings (SSSR count). The summed E-state index contributed by atoms with van der Waals surface area (Å²) in [7, 11) is 0. The van der Waals surface area contributed by atoms with Gasteiger partial charge in [0, 0.05) is 25.2 Å². The third-order valence-electron chi connectivity index (χ3n) is 4.75. The molecular weight excluding hydrogens is 256 g/mol.